The second-order valence-electron chi connectivity index (χ2n) is 11.6. The molecule has 0 amide bonds. The Morgan fingerprint density at radius 2 is 1.33 bits per heavy atom. The average molecular weight is 536 g/mol. The monoisotopic (exact) mass is 535 g/mol. The molecule has 2 heterocycles. The minimum atomic E-state index is 0.989. The van der Waals surface area contributed by atoms with Gasteiger partial charge in [-0.3, -0.25) is 0 Å². The first-order valence-electron chi connectivity index (χ1n) is 14.7. The number of allylic oxidation sites excluding steroid dienone is 1. The van der Waals surface area contributed by atoms with E-state index in [1.54, 1.807) is 0 Å². The van der Waals surface area contributed by atoms with Crippen molar-refractivity contribution in [3.05, 3.63) is 133 Å². The number of nitrogens with zero attached hydrogens (tertiary/aromatic N) is 1. The Labute approximate surface area is 242 Å². The summed E-state index contributed by atoms with van der Waals surface area (Å²) in [4.78, 5) is 0. The minimum absolute atomic E-state index is 0.989. The molecule has 9 aromatic rings. The molecule has 196 valence electrons. The smallest absolute Gasteiger partial charge is 0.142 e. The molecule has 0 saturated carbocycles. The third-order valence-corrected chi connectivity index (χ3v) is 9.39. The summed E-state index contributed by atoms with van der Waals surface area (Å²) in [6, 6.07) is 42.6. The molecule has 2 nitrogen and oxygen atoms in total. The number of benzene rings is 7. The van der Waals surface area contributed by atoms with Crippen molar-refractivity contribution >= 4 is 71.2 Å². The van der Waals surface area contributed by atoms with Crippen molar-refractivity contribution in [2.75, 3.05) is 0 Å². The van der Waals surface area contributed by atoms with Gasteiger partial charge >= 0.3 is 0 Å². The van der Waals surface area contributed by atoms with Crippen molar-refractivity contribution < 1.29 is 4.42 Å². The topological polar surface area (TPSA) is 18.1 Å². The summed E-state index contributed by atoms with van der Waals surface area (Å²) in [6.07, 6.45) is 6.45. The van der Waals surface area contributed by atoms with E-state index in [9.17, 15) is 0 Å². The Balaban J connectivity index is 1.28. The van der Waals surface area contributed by atoms with E-state index in [1.807, 2.05) is 0 Å². The van der Waals surface area contributed by atoms with Gasteiger partial charge in [-0.25, -0.2) is 0 Å². The molecule has 0 atom stereocenters. The first-order valence-corrected chi connectivity index (χ1v) is 14.7. The van der Waals surface area contributed by atoms with E-state index in [-0.39, 0.29) is 0 Å². The molecular weight excluding hydrogens is 510 g/mol. The van der Waals surface area contributed by atoms with Crippen LogP contribution in [0.25, 0.3) is 88.0 Å². The fourth-order valence-corrected chi connectivity index (χ4v) is 7.55. The molecule has 42 heavy (non-hydrogen) atoms. The number of furan rings is 1. The van der Waals surface area contributed by atoms with E-state index in [1.165, 1.54) is 76.3 Å². The summed E-state index contributed by atoms with van der Waals surface area (Å²) >= 11 is 0. The van der Waals surface area contributed by atoms with Gasteiger partial charge < -0.3 is 8.98 Å². The highest BCUT2D eigenvalue weighted by molar-refractivity contribution is 6.25. The van der Waals surface area contributed by atoms with Gasteiger partial charge in [0.25, 0.3) is 0 Å². The van der Waals surface area contributed by atoms with Crippen molar-refractivity contribution in [3.63, 3.8) is 0 Å². The molecule has 10 rings (SSSR count). The summed E-state index contributed by atoms with van der Waals surface area (Å²) < 4.78 is 8.94. The van der Waals surface area contributed by atoms with Gasteiger partial charge in [0.05, 0.1) is 16.7 Å². The molecule has 7 aromatic carbocycles. The molecule has 0 unspecified atom stereocenters. The third-order valence-electron chi connectivity index (χ3n) is 9.39. The van der Waals surface area contributed by atoms with E-state index in [4.69, 9.17) is 4.42 Å². The van der Waals surface area contributed by atoms with Crippen LogP contribution >= 0.6 is 0 Å². The second-order valence-corrected chi connectivity index (χ2v) is 11.6. The lowest BCUT2D eigenvalue weighted by Gasteiger charge is -2.17. The molecule has 0 N–H and O–H groups in total. The van der Waals surface area contributed by atoms with Crippen LogP contribution in [0.4, 0.5) is 0 Å². The predicted molar refractivity (Wildman–Crippen MR) is 177 cm³/mol. The maximum atomic E-state index is 6.47. The van der Waals surface area contributed by atoms with Crippen LogP contribution in [0.3, 0.4) is 0 Å². The molecule has 1 aliphatic rings. The third kappa shape index (κ3) is 2.89. The van der Waals surface area contributed by atoms with Crippen molar-refractivity contribution in [1.82, 2.24) is 4.57 Å². The molecule has 0 saturated heterocycles. The van der Waals surface area contributed by atoms with Crippen LogP contribution < -0.4 is 0 Å². The van der Waals surface area contributed by atoms with Gasteiger partial charge in [0, 0.05) is 32.7 Å². The zero-order valence-electron chi connectivity index (χ0n) is 22.9. The van der Waals surface area contributed by atoms with Crippen LogP contribution in [0.1, 0.15) is 17.7 Å². The maximum Gasteiger partial charge on any atom is 0.142 e. The normalized spacial score (nSPS) is 13.4. The Bertz CT molecular complexity index is 2570. The zero-order chi connectivity index (χ0) is 27.4. The summed E-state index contributed by atoms with van der Waals surface area (Å²) in [5, 5.41) is 11.6. The quantitative estimate of drug-likeness (QED) is 0.201. The summed E-state index contributed by atoms with van der Waals surface area (Å²) in [5.74, 6) is 1.01. The highest BCUT2D eigenvalue weighted by Gasteiger charge is 2.20. The van der Waals surface area contributed by atoms with Gasteiger partial charge in [0.2, 0.25) is 0 Å². The highest BCUT2D eigenvalue weighted by Crippen LogP contribution is 2.43. The molecule has 1 aliphatic carbocycles. The number of rotatable bonds is 2. The zero-order valence-corrected chi connectivity index (χ0v) is 22.9. The molecular formula is C40H25NO. The Morgan fingerprint density at radius 3 is 2.29 bits per heavy atom. The van der Waals surface area contributed by atoms with Crippen molar-refractivity contribution in [2.24, 2.45) is 0 Å². The summed E-state index contributed by atoms with van der Waals surface area (Å²) in [5.41, 5.74) is 8.31. The van der Waals surface area contributed by atoms with E-state index in [0.29, 0.717) is 0 Å². The van der Waals surface area contributed by atoms with Gasteiger partial charge in [-0.05, 0) is 75.7 Å². The Hall–Kier alpha value is -5.34. The van der Waals surface area contributed by atoms with Crippen LogP contribution in [-0.4, -0.2) is 4.57 Å². The maximum absolute atomic E-state index is 6.47. The fourth-order valence-electron chi connectivity index (χ4n) is 7.55. The minimum Gasteiger partial charge on any atom is -0.456 e. The number of fused-ring (bicyclic) bond motifs is 6. The predicted octanol–water partition coefficient (Wildman–Crippen LogP) is 11.1. The molecule has 0 bridgehead atoms. The van der Waals surface area contributed by atoms with Crippen molar-refractivity contribution in [1.29, 1.82) is 0 Å². The van der Waals surface area contributed by atoms with Crippen LogP contribution in [0.15, 0.2) is 126 Å². The van der Waals surface area contributed by atoms with Crippen molar-refractivity contribution in [2.45, 2.75) is 12.8 Å². The molecule has 2 heteroatoms. The van der Waals surface area contributed by atoms with Crippen molar-refractivity contribution in [3.8, 4) is 16.8 Å². The standard InChI is InChI=1S/C40H25NO/c1-3-16-34-29(11-1)33-22-26(28-13-7-14-31-30-12-2-4-17-37(30)42-40(28)31)20-21-35(33)41(34)36-23-27-10-5-8-24-18-19-25-9-6-15-32(36)39(25)38(24)27/h1,3-11,13-23H,2,12H2. The lowest BCUT2D eigenvalue weighted by atomic mass is 9.93. The molecule has 0 fully saturated rings. The Morgan fingerprint density at radius 1 is 0.571 bits per heavy atom. The highest BCUT2D eigenvalue weighted by atomic mass is 16.3. The second kappa shape index (κ2) is 8.11. The number of hydrogen-bond donors (Lipinski definition) is 0. The number of para-hydroxylation sites is 2. The number of hydrogen-bond acceptors (Lipinski definition) is 1. The summed E-state index contributed by atoms with van der Waals surface area (Å²) in [6.45, 7) is 0. The number of aryl methyl sites for hydroxylation is 1. The van der Waals surface area contributed by atoms with E-state index in [2.05, 4.69) is 132 Å². The van der Waals surface area contributed by atoms with E-state index < -0.39 is 0 Å². The van der Waals surface area contributed by atoms with Gasteiger partial charge in [0.15, 0.2) is 0 Å². The SMILES string of the molecule is C1=Cc2oc3c(-c4ccc5c(c4)c4ccccc4n5-c4cc5cccc6ccc7cccc4c7c65)cccc3c2CC1. The van der Waals surface area contributed by atoms with E-state index in [0.717, 1.165) is 29.7 Å². The van der Waals surface area contributed by atoms with Crippen LogP contribution in [0, 0.1) is 0 Å². The molecule has 0 spiro atoms. The number of aromatic nitrogens is 1. The van der Waals surface area contributed by atoms with Crippen LogP contribution in [-0.2, 0) is 6.42 Å². The summed E-state index contributed by atoms with van der Waals surface area (Å²) in [7, 11) is 0. The van der Waals surface area contributed by atoms with Gasteiger partial charge in [-0.2, -0.15) is 0 Å². The lowest BCUT2D eigenvalue weighted by Crippen LogP contribution is -1.97. The molecule has 0 aliphatic heterocycles. The fraction of sp³-hybridized carbons (Fsp3) is 0.0500. The first kappa shape index (κ1) is 22.4. The van der Waals surface area contributed by atoms with Gasteiger partial charge in [0.1, 0.15) is 11.3 Å². The Kier molecular flexibility index (Phi) is 4.32. The van der Waals surface area contributed by atoms with Gasteiger partial charge in [-0.15, -0.1) is 0 Å². The van der Waals surface area contributed by atoms with Gasteiger partial charge in [-0.1, -0.05) is 97.1 Å². The van der Waals surface area contributed by atoms with Crippen LogP contribution in [0.2, 0.25) is 0 Å². The van der Waals surface area contributed by atoms with E-state index >= 15 is 0 Å². The largest absolute Gasteiger partial charge is 0.456 e. The molecule has 0 radical (unpaired) electrons. The lowest BCUT2D eigenvalue weighted by molar-refractivity contribution is 0.596. The average Bonchev–Trinajstić information content (AvgIpc) is 3.59. The molecule has 2 aromatic heterocycles. The first-order chi connectivity index (χ1) is 20.8. The van der Waals surface area contributed by atoms with Crippen LogP contribution in [0.5, 0.6) is 0 Å².